The molecule has 1 aromatic carbocycles. The van der Waals surface area contributed by atoms with Gasteiger partial charge >= 0.3 is 0 Å². The van der Waals surface area contributed by atoms with Crippen LogP contribution < -0.4 is 4.74 Å². The topological polar surface area (TPSA) is 12.5 Å². The zero-order valence-corrected chi connectivity index (χ0v) is 11.0. The molecular weight excluding hydrogens is 210 g/mol. The summed E-state index contributed by atoms with van der Waals surface area (Å²) < 4.78 is 5.93. The van der Waals surface area contributed by atoms with Gasteiger partial charge in [0.15, 0.2) is 0 Å². The quantitative estimate of drug-likeness (QED) is 0.741. The average Bonchev–Trinajstić information content (AvgIpc) is 2.54. The Balaban J connectivity index is 2.06. The summed E-state index contributed by atoms with van der Waals surface area (Å²) in [5.74, 6) is 1.12. The summed E-state index contributed by atoms with van der Waals surface area (Å²) in [6.45, 7) is 1.76. The monoisotopic (exact) mass is 233 g/mol. The highest BCUT2D eigenvalue weighted by molar-refractivity contribution is 5.41. The highest BCUT2D eigenvalue weighted by atomic mass is 16.5. The number of benzene rings is 1. The summed E-state index contributed by atoms with van der Waals surface area (Å²) in [6.07, 6.45) is 6.40. The molecular formula is C15H23NO. The first-order valence-corrected chi connectivity index (χ1v) is 6.65. The predicted molar refractivity (Wildman–Crippen MR) is 71.8 cm³/mol. The van der Waals surface area contributed by atoms with Gasteiger partial charge in [0, 0.05) is 6.54 Å². The zero-order valence-electron chi connectivity index (χ0n) is 11.0. The molecule has 0 bridgehead atoms. The van der Waals surface area contributed by atoms with Crippen LogP contribution in [0.2, 0.25) is 0 Å². The Morgan fingerprint density at radius 2 is 1.94 bits per heavy atom. The maximum absolute atomic E-state index is 5.93. The standard InChI is InChI=1S/C15H23NO/c1-16(2)11-12-17-15-10-6-8-13-7-4-3-5-9-14(13)15/h6,8,10H,3-5,7,9,11-12H2,1-2H3. The Hall–Kier alpha value is -1.02. The molecule has 0 N–H and O–H groups in total. The zero-order chi connectivity index (χ0) is 12.1. The van der Waals surface area contributed by atoms with Gasteiger partial charge in [-0.1, -0.05) is 18.6 Å². The van der Waals surface area contributed by atoms with Crippen LogP contribution in [0.4, 0.5) is 0 Å². The van der Waals surface area contributed by atoms with E-state index in [0.29, 0.717) is 0 Å². The number of hydrogen-bond donors (Lipinski definition) is 0. The molecule has 1 aliphatic carbocycles. The number of rotatable bonds is 4. The normalized spacial score (nSPS) is 15.5. The average molecular weight is 233 g/mol. The third-order valence-electron chi connectivity index (χ3n) is 3.40. The fourth-order valence-electron chi connectivity index (χ4n) is 2.40. The molecule has 2 nitrogen and oxygen atoms in total. The molecule has 0 radical (unpaired) electrons. The highest BCUT2D eigenvalue weighted by Crippen LogP contribution is 2.28. The molecule has 0 atom stereocenters. The summed E-state index contributed by atoms with van der Waals surface area (Å²) in [7, 11) is 4.16. The van der Waals surface area contributed by atoms with E-state index in [1.54, 1.807) is 0 Å². The van der Waals surface area contributed by atoms with E-state index in [2.05, 4.69) is 37.2 Å². The number of nitrogens with zero attached hydrogens (tertiary/aromatic N) is 1. The van der Waals surface area contributed by atoms with E-state index in [9.17, 15) is 0 Å². The van der Waals surface area contributed by atoms with Crippen molar-refractivity contribution >= 4 is 0 Å². The van der Waals surface area contributed by atoms with Gasteiger partial charge in [0.25, 0.3) is 0 Å². The first-order valence-electron chi connectivity index (χ1n) is 6.65. The fourth-order valence-corrected chi connectivity index (χ4v) is 2.40. The smallest absolute Gasteiger partial charge is 0.122 e. The number of ether oxygens (including phenoxy) is 1. The van der Waals surface area contributed by atoms with Crippen molar-refractivity contribution in [1.82, 2.24) is 4.90 Å². The first kappa shape index (κ1) is 12.4. The van der Waals surface area contributed by atoms with Gasteiger partial charge in [-0.2, -0.15) is 0 Å². The first-order chi connectivity index (χ1) is 8.27. The third-order valence-corrected chi connectivity index (χ3v) is 3.40. The number of hydrogen-bond acceptors (Lipinski definition) is 2. The molecule has 0 amide bonds. The Bertz CT molecular complexity index is 360. The van der Waals surface area contributed by atoms with Crippen molar-refractivity contribution in [3.63, 3.8) is 0 Å². The lowest BCUT2D eigenvalue weighted by Gasteiger charge is -2.15. The molecule has 0 saturated carbocycles. The Morgan fingerprint density at radius 1 is 1.12 bits per heavy atom. The van der Waals surface area contributed by atoms with E-state index < -0.39 is 0 Å². The fraction of sp³-hybridized carbons (Fsp3) is 0.600. The van der Waals surface area contributed by atoms with Crippen molar-refractivity contribution in [3.8, 4) is 5.75 Å². The maximum atomic E-state index is 5.93. The third kappa shape index (κ3) is 3.47. The second kappa shape index (κ2) is 6.06. The molecule has 0 unspecified atom stereocenters. The van der Waals surface area contributed by atoms with Crippen LogP contribution in [-0.2, 0) is 12.8 Å². The van der Waals surface area contributed by atoms with Crippen molar-refractivity contribution < 1.29 is 4.74 Å². The second-order valence-electron chi connectivity index (χ2n) is 5.11. The van der Waals surface area contributed by atoms with Crippen LogP contribution in [0, 0.1) is 0 Å². The SMILES string of the molecule is CN(C)CCOc1cccc2c1CCCCC2. The summed E-state index contributed by atoms with van der Waals surface area (Å²) in [6, 6.07) is 6.52. The Labute approximate surface area is 105 Å². The Morgan fingerprint density at radius 3 is 2.76 bits per heavy atom. The maximum Gasteiger partial charge on any atom is 0.122 e. The van der Waals surface area contributed by atoms with Crippen molar-refractivity contribution in [2.24, 2.45) is 0 Å². The van der Waals surface area contributed by atoms with Crippen LogP contribution in [0.15, 0.2) is 18.2 Å². The van der Waals surface area contributed by atoms with E-state index in [4.69, 9.17) is 4.74 Å². The minimum atomic E-state index is 0.781. The van der Waals surface area contributed by atoms with Crippen LogP contribution in [0.1, 0.15) is 30.4 Å². The lowest BCUT2D eigenvalue weighted by molar-refractivity contribution is 0.259. The van der Waals surface area contributed by atoms with Crippen molar-refractivity contribution in [2.75, 3.05) is 27.2 Å². The largest absolute Gasteiger partial charge is 0.492 e. The van der Waals surface area contributed by atoms with Crippen LogP contribution in [0.3, 0.4) is 0 Å². The van der Waals surface area contributed by atoms with Gasteiger partial charge in [0.05, 0.1) is 0 Å². The summed E-state index contributed by atoms with van der Waals surface area (Å²) in [4.78, 5) is 2.15. The highest BCUT2D eigenvalue weighted by Gasteiger charge is 2.12. The van der Waals surface area contributed by atoms with Gasteiger partial charge in [-0.15, -0.1) is 0 Å². The summed E-state index contributed by atoms with van der Waals surface area (Å²) >= 11 is 0. The van der Waals surface area contributed by atoms with Crippen molar-refractivity contribution in [1.29, 1.82) is 0 Å². The molecule has 17 heavy (non-hydrogen) atoms. The lowest BCUT2D eigenvalue weighted by atomic mass is 10.0. The molecule has 2 rings (SSSR count). The molecule has 0 heterocycles. The molecule has 0 fully saturated rings. The van der Waals surface area contributed by atoms with Crippen molar-refractivity contribution in [3.05, 3.63) is 29.3 Å². The lowest BCUT2D eigenvalue weighted by Crippen LogP contribution is -2.19. The minimum absolute atomic E-state index is 0.781. The molecule has 0 saturated heterocycles. The number of likely N-dealkylation sites (N-methyl/N-ethyl adjacent to an activating group) is 1. The van der Waals surface area contributed by atoms with E-state index in [1.807, 2.05) is 0 Å². The second-order valence-corrected chi connectivity index (χ2v) is 5.11. The van der Waals surface area contributed by atoms with Crippen LogP contribution >= 0.6 is 0 Å². The van der Waals surface area contributed by atoms with Gasteiger partial charge in [-0.25, -0.2) is 0 Å². The molecule has 1 aromatic rings. The summed E-state index contributed by atoms with van der Waals surface area (Å²) in [5.41, 5.74) is 2.97. The molecule has 0 spiro atoms. The van der Waals surface area contributed by atoms with E-state index in [-0.39, 0.29) is 0 Å². The summed E-state index contributed by atoms with van der Waals surface area (Å²) in [5, 5.41) is 0. The molecule has 1 aliphatic rings. The Kier molecular flexibility index (Phi) is 4.43. The predicted octanol–water partition coefficient (Wildman–Crippen LogP) is 2.90. The van der Waals surface area contributed by atoms with Crippen molar-refractivity contribution in [2.45, 2.75) is 32.1 Å². The van der Waals surface area contributed by atoms with Gasteiger partial charge in [0.2, 0.25) is 0 Å². The van der Waals surface area contributed by atoms with Crippen LogP contribution in [-0.4, -0.2) is 32.1 Å². The number of fused-ring (bicyclic) bond motifs is 1. The number of aryl methyl sites for hydroxylation is 1. The van der Waals surface area contributed by atoms with E-state index in [1.165, 1.54) is 43.2 Å². The van der Waals surface area contributed by atoms with Gasteiger partial charge in [-0.3, -0.25) is 0 Å². The van der Waals surface area contributed by atoms with Crippen LogP contribution in [0.5, 0.6) is 5.75 Å². The van der Waals surface area contributed by atoms with E-state index >= 15 is 0 Å². The van der Waals surface area contributed by atoms with Gasteiger partial charge in [-0.05, 0) is 57.0 Å². The molecule has 0 aromatic heterocycles. The molecule has 2 heteroatoms. The molecule has 94 valence electrons. The molecule has 0 aliphatic heterocycles. The van der Waals surface area contributed by atoms with E-state index in [0.717, 1.165) is 18.9 Å². The minimum Gasteiger partial charge on any atom is -0.492 e. The van der Waals surface area contributed by atoms with Crippen LogP contribution in [0.25, 0.3) is 0 Å². The van der Waals surface area contributed by atoms with Gasteiger partial charge < -0.3 is 9.64 Å². The van der Waals surface area contributed by atoms with Gasteiger partial charge in [0.1, 0.15) is 12.4 Å².